The second kappa shape index (κ2) is 12.9. The van der Waals surface area contributed by atoms with E-state index in [1.165, 1.54) is 36.6 Å². The van der Waals surface area contributed by atoms with Crippen molar-refractivity contribution in [3.8, 4) is 17.0 Å². The van der Waals surface area contributed by atoms with E-state index in [1.807, 2.05) is 37.2 Å². The Morgan fingerprint density at radius 1 is 1.17 bits per heavy atom. The van der Waals surface area contributed by atoms with Crippen molar-refractivity contribution < 1.29 is 22.7 Å². The summed E-state index contributed by atoms with van der Waals surface area (Å²) in [6, 6.07) is 7.98. The second-order valence-electron chi connectivity index (χ2n) is 9.33. The average Bonchev–Trinajstić information content (AvgIpc) is 3.36. The molecule has 0 aliphatic heterocycles. The number of rotatable bonds is 11. The number of benzene rings is 1. The van der Waals surface area contributed by atoms with E-state index in [2.05, 4.69) is 37.0 Å². The molecule has 4 aromatic rings. The molecule has 1 amide bonds. The summed E-state index contributed by atoms with van der Waals surface area (Å²) < 4.78 is 46.6. The van der Waals surface area contributed by atoms with E-state index >= 15 is 0 Å². The van der Waals surface area contributed by atoms with Crippen LogP contribution in [0.25, 0.3) is 16.8 Å². The molecule has 0 spiro atoms. The molecule has 220 valence electrons. The van der Waals surface area contributed by atoms with E-state index in [9.17, 15) is 18.0 Å². The number of likely N-dealkylation sites (N-methyl/N-ethyl adjacent to an activating group) is 2. The van der Waals surface area contributed by atoms with Gasteiger partial charge in [-0.15, -0.1) is 13.2 Å². The first-order valence-electron chi connectivity index (χ1n) is 12.6. The Bertz CT molecular complexity index is 1620. The van der Waals surface area contributed by atoms with Crippen molar-refractivity contribution in [2.75, 3.05) is 49.8 Å². The number of ether oxygens (including phenoxy) is 1. The van der Waals surface area contributed by atoms with Crippen LogP contribution in [0.4, 0.5) is 36.2 Å². The molecule has 14 heteroatoms. The van der Waals surface area contributed by atoms with Gasteiger partial charge in [0.25, 0.3) is 0 Å². The lowest BCUT2D eigenvalue weighted by Gasteiger charge is -2.26. The molecule has 0 aliphatic rings. The van der Waals surface area contributed by atoms with Crippen LogP contribution in [0.15, 0.2) is 73.7 Å². The number of amides is 1. The van der Waals surface area contributed by atoms with Crippen LogP contribution in [0.1, 0.15) is 0 Å². The molecular formula is C28H28ClF3N8O2. The minimum atomic E-state index is -5.00. The highest BCUT2D eigenvalue weighted by Gasteiger charge is 2.33. The number of nitrogens with one attached hydrogen (secondary N) is 2. The summed E-state index contributed by atoms with van der Waals surface area (Å²) in [5.74, 6) is -1.12. The number of alkyl halides is 3. The number of fused-ring (bicyclic) bond motifs is 1. The summed E-state index contributed by atoms with van der Waals surface area (Å²) in [5.41, 5.74) is 2.00. The van der Waals surface area contributed by atoms with Gasteiger partial charge in [0.1, 0.15) is 0 Å². The van der Waals surface area contributed by atoms with E-state index < -0.39 is 18.0 Å². The van der Waals surface area contributed by atoms with Crippen LogP contribution in [0.3, 0.4) is 0 Å². The Balaban J connectivity index is 1.79. The van der Waals surface area contributed by atoms with Crippen LogP contribution in [-0.2, 0) is 4.79 Å². The number of allylic oxidation sites excluding steroid dienone is 2. The maximum Gasteiger partial charge on any atom is 0.573 e. The van der Waals surface area contributed by atoms with Crippen molar-refractivity contribution in [3.05, 3.63) is 78.8 Å². The van der Waals surface area contributed by atoms with Gasteiger partial charge in [-0.25, -0.2) is 14.5 Å². The van der Waals surface area contributed by atoms with Gasteiger partial charge >= 0.3 is 6.36 Å². The van der Waals surface area contributed by atoms with E-state index in [1.54, 1.807) is 28.9 Å². The molecule has 0 saturated carbocycles. The van der Waals surface area contributed by atoms with E-state index in [4.69, 9.17) is 11.6 Å². The van der Waals surface area contributed by atoms with Crippen LogP contribution >= 0.6 is 11.6 Å². The molecule has 0 fully saturated rings. The van der Waals surface area contributed by atoms with Crippen molar-refractivity contribution in [2.45, 2.75) is 6.36 Å². The molecule has 0 bridgehead atoms. The Kier molecular flexibility index (Phi) is 9.33. The van der Waals surface area contributed by atoms with E-state index in [-0.39, 0.29) is 22.3 Å². The minimum absolute atomic E-state index is 0.0609. The molecule has 0 aliphatic carbocycles. The molecule has 10 nitrogen and oxygen atoms in total. The van der Waals surface area contributed by atoms with E-state index in [0.29, 0.717) is 35.6 Å². The summed E-state index contributed by atoms with van der Waals surface area (Å²) in [4.78, 5) is 24.8. The smallest absolute Gasteiger partial charge is 0.403 e. The molecule has 0 unspecified atom stereocenters. The minimum Gasteiger partial charge on any atom is -0.403 e. The number of carbonyl (C=O) groups excluding carboxylic acids is 1. The van der Waals surface area contributed by atoms with Gasteiger partial charge in [0.05, 0.1) is 45.7 Å². The monoisotopic (exact) mass is 600 g/mol. The highest BCUT2D eigenvalue weighted by molar-refractivity contribution is 6.33. The third-order valence-electron chi connectivity index (χ3n) is 5.93. The van der Waals surface area contributed by atoms with Gasteiger partial charge in [-0.1, -0.05) is 36.4 Å². The van der Waals surface area contributed by atoms with Gasteiger partial charge in [0.2, 0.25) is 11.9 Å². The quantitative estimate of drug-likeness (QED) is 0.165. The van der Waals surface area contributed by atoms with Crippen LogP contribution < -0.4 is 20.3 Å². The summed E-state index contributed by atoms with van der Waals surface area (Å²) in [6.07, 6.45) is 3.77. The van der Waals surface area contributed by atoms with Gasteiger partial charge in [0.15, 0.2) is 5.75 Å². The number of anilines is 4. The van der Waals surface area contributed by atoms with E-state index in [0.717, 1.165) is 0 Å². The largest absolute Gasteiger partial charge is 0.573 e. The third kappa shape index (κ3) is 7.56. The molecule has 0 atom stereocenters. The number of carbonyl (C=O) groups is 1. The zero-order chi connectivity index (χ0) is 30.4. The SMILES string of the molecule is C=C/C=C\C(=O)Nc1cc(Nc2ncc(Cl)c(-c3cnn4ccccc34)n2)c(OC(F)(F)F)cc1N(C)CCN(C)C. The molecule has 42 heavy (non-hydrogen) atoms. The van der Waals surface area contributed by atoms with Gasteiger partial charge in [0, 0.05) is 44.0 Å². The Labute approximate surface area is 245 Å². The predicted octanol–water partition coefficient (Wildman–Crippen LogP) is 5.77. The van der Waals surface area contributed by atoms with Gasteiger partial charge < -0.3 is 25.2 Å². The van der Waals surface area contributed by atoms with Gasteiger partial charge in [-0.3, -0.25) is 4.79 Å². The summed E-state index contributed by atoms with van der Waals surface area (Å²) >= 11 is 6.41. The Morgan fingerprint density at radius 3 is 2.67 bits per heavy atom. The van der Waals surface area contributed by atoms with Crippen LogP contribution in [0.2, 0.25) is 5.02 Å². The van der Waals surface area contributed by atoms with Gasteiger partial charge in [-0.05, 0) is 32.3 Å². The molecule has 1 aromatic carbocycles. The maximum atomic E-state index is 13.5. The fourth-order valence-electron chi connectivity index (χ4n) is 3.95. The first kappa shape index (κ1) is 30.3. The zero-order valence-corrected chi connectivity index (χ0v) is 23.7. The first-order valence-corrected chi connectivity index (χ1v) is 12.9. The average molecular weight is 601 g/mol. The van der Waals surface area contributed by atoms with Crippen LogP contribution in [0.5, 0.6) is 5.75 Å². The molecule has 2 N–H and O–H groups in total. The summed E-state index contributed by atoms with van der Waals surface area (Å²) in [7, 11) is 5.44. The van der Waals surface area contributed by atoms with Crippen molar-refractivity contribution in [1.82, 2.24) is 24.5 Å². The Morgan fingerprint density at radius 2 is 1.95 bits per heavy atom. The second-order valence-corrected chi connectivity index (χ2v) is 9.73. The molecule has 3 heterocycles. The van der Waals surface area contributed by atoms with Crippen molar-refractivity contribution in [2.24, 2.45) is 0 Å². The number of hydrogen-bond acceptors (Lipinski definition) is 8. The molecule has 0 radical (unpaired) electrons. The highest BCUT2D eigenvalue weighted by atomic mass is 35.5. The molecular weight excluding hydrogens is 573 g/mol. The lowest BCUT2D eigenvalue weighted by atomic mass is 10.2. The number of pyridine rings is 1. The topological polar surface area (TPSA) is 99.9 Å². The number of aromatic nitrogens is 4. The lowest BCUT2D eigenvalue weighted by Crippen LogP contribution is -2.29. The predicted molar refractivity (Wildman–Crippen MR) is 157 cm³/mol. The summed E-state index contributed by atoms with van der Waals surface area (Å²) in [6.45, 7) is 4.58. The molecule has 3 aromatic heterocycles. The number of hydrogen-bond donors (Lipinski definition) is 2. The fraction of sp³-hybridized carbons (Fsp3) is 0.214. The van der Waals surface area contributed by atoms with Crippen LogP contribution in [-0.4, -0.2) is 71.0 Å². The van der Waals surface area contributed by atoms with Crippen LogP contribution in [0, 0.1) is 0 Å². The maximum absolute atomic E-state index is 13.5. The lowest BCUT2D eigenvalue weighted by molar-refractivity contribution is -0.274. The molecule has 0 saturated heterocycles. The summed E-state index contributed by atoms with van der Waals surface area (Å²) in [5, 5.41) is 10.0. The van der Waals surface area contributed by atoms with Crippen molar-refractivity contribution in [3.63, 3.8) is 0 Å². The van der Waals surface area contributed by atoms with Crippen molar-refractivity contribution in [1.29, 1.82) is 0 Å². The van der Waals surface area contributed by atoms with Gasteiger partial charge in [-0.2, -0.15) is 5.10 Å². The zero-order valence-electron chi connectivity index (χ0n) is 23.0. The van der Waals surface area contributed by atoms with Crippen molar-refractivity contribution >= 4 is 46.0 Å². The Hall–Kier alpha value is -4.62. The normalized spacial score (nSPS) is 11.7. The first-order chi connectivity index (χ1) is 19.9. The fourth-order valence-corrected chi connectivity index (χ4v) is 4.14. The standard InChI is InChI=1S/C28H28ClF3N8O2/c1-5-6-10-25(41)35-20-14-21(24(42-28(30,31)32)15-23(20)39(4)13-12-38(2)3)36-27-33-17-19(29)26(37-27)18-16-34-40-11-8-7-9-22(18)40/h5-11,14-17H,1,12-13H2,2-4H3,(H,35,41)(H,33,36,37)/b10-6-. The number of halogens is 4. The third-order valence-corrected chi connectivity index (χ3v) is 6.21. The molecule has 4 rings (SSSR count). The highest BCUT2D eigenvalue weighted by Crippen LogP contribution is 2.41. The number of nitrogens with zero attached hydrogens (tertiary/aromatic N) is 6.